The number of nitrogens with zero attached hydrogens (tertiary/aromatic N) is 1. The molecule has 0 unspecified atom stereocenters. The molecule has 1 atom stereocenters. The van der Waals surface area contributed by atoms with Crippen LogP contribution >= 0.6 is 28.3 Å². The number of halogens is 4. The Morgan fingerprint density at radius 1 is 1.26 bits per heavy atom. The highest BCUT2D eigenvalue weighted by molar-refractivity contribution is 9.10. The third-order valence-electron chi connectivity index (χ3n) is 3.36. The molecule has 1 fully saturated rings. The molecular weight excluding hydrogens is 338 g/mol. The Bertz CT molecular complexity index is 402. The van der Waals surface area contributed by atoms with E-state index in [4.69, 9.17) is 0 Å². The highest BCUT2D eigenvalue weighted by atomic mass is 79.9. The zero-order chi connectivity index (χ0) is 13.1. The smallest absolute Gasteiger partial charge is 0.132 e. The number of rotatable bonds is 3. The fraction of sp³-hybridized carbons (Fsp3) is 0.538. The average Bonchev–Trinajstić information content (AvgIpc) is 2.34. The second-order valence-electron chi connectivity index (χ2n) is 4.49. The lowest BCUT2D eigenvalue weighted by Gasteiger charge is -2.35. The van der Waals surface area contributed by atoms with Crippen LogP contribution in [0.1, 0.15) is 24.9 Å². The molecule has 0 spiro atoms. The largest absolute Gasteiger partial charge is 0.314 e. The van der Waals surface area contributed by atoms with Gasteiger partial charge in [-0.25, -0.2) is 8.78 Å². The van der Waals surface area contributed by atoms with Crippen LogP contribution in [0.2, 0.25) is 0 Å². The maximum atomic E-state index is 14.0. The molecule has 2 rings (SSSR count). The van der Waals surface area contributed by atoms with Gasteiger partial charge in [-0.1, -0.05) is 22.9 Å². The molecule has 1 N–H and O–H groups in total. The summed E-state index contributed by atoms with van der Waals surface area (Å²) in [5.41, 5.74) is 0.197. The van der Waals surface area contributed by atoms with Gasteiger partial charge in [0.15, 0.2) is 0 Å². The molecule has 1 heterocycles. The molecule has 1 aliphatic rings. The maximum absolute atomic E-state index is 14.0. The summed E-state index contributed by atoms with van der Waals surface area (Å²) in [5.74, 6) is -0.931. The third kappa shape index (κ3) is 3.88. The first-order valence-corrected chi connectivity index (χ1v) is 7.02. The summed E-state index contributed by atoms with van der Waals surface area (Å²) in [6.45, 7) is 5.36. The third-order valence-corrected chi connectivity index (χ3v) is 3.81. The van der Waals surface area contributed by atoms with Crippen LogP contribution in [-0.4, -0.2) is 31.1 Å². The lowest BCUT2D eigenvalue weighted by Crippen LogP contribution is -2.45. The SMILES string of the molecule is CC[C@H](c1c(F)cc(Br)cc1F)N1CCNCC1.Cl. The van der Waals surface area contributed by atoms with Crippen molar-refractivity contribution in [1.82, 2.24) is 10.2 Å². The average molecular weight is 356 g/mol. The van der Waals surface area contributed by atoms with E-state index in [2.05, 4.69) is 26.1 Å². The van der Waals surface area contributed by atoms with Crippen molar-refractivity contribution in [3.8, 4) is 0 Å². The van der Waals surface area contributed by atoms with Crippen LogP contribution < -0.4 is 5.32 Å². The maximum Gasteiger partial charge on any atom is 0.132 e. The van der Waals surface area contributed by atoms with E-state index in [9.17, 15) is 8.78 Å². The first-order chi connectivity index (χ1) is 8.63. The van der Waals surface area contributed by atoms with Crippen molar-refractivity contribution in [1.29, 1.82) is 0 Å². The van der Waals surface area contributed by atoms with E-state index < -0.39 is 11.6 Å². The number of benzene rings is 1. The van der Waals surface area contributed by atoms with Crippen LogP contribution in [0.25, 0.3) is 0 Å². The number of piperazine rings is 1. The van der Waals surface area contributed by atoms with E-state index in [1.54, 1.807) is 0 Å². The van der Waals surface area contributed by atoms with Crippen molar-refractivity contribution in [2.24, 2.45) is 0 Å². The zero-order valence-corrected chi connectivity index (χ0v) is 13.2. The summed E-state index contributed by atoms with van der Waals surface area (Å²) >= 11 is 3.11. The van der Waals surface area contributed by atoms with Gasteiger partial charge in [-0.05, 0) is 18.6 Å². The predicted octanol–water partition coefficient (Wildman–Crippen LogP) is 3.51. The van der Waals surface area contributed by atoms with E-state index in [0.717, 1.165) is 26.2 Å². The standard InChI is InChI=1S/C13H17BrF2N2.ClH/c1-2-12(18-5-3-17-4-6-18)13-10(15)7-9(14)8-11(13)16;/h7-8,12,17H,2-6H2,1H3;1H/t12-;/m1./s1. The van der Waals surface area contributed by atoms with Crippen molar-refractivity contribution < 1.29 is 8.78 Å². The molecule has 19 heavy (non-hydrogen) atoms. The highest BCUT2D eigenvalue weighted by Gasteiger charge is 2.26. The lowest BCUT2D eigenvalue weighted by atomic mass is 10.0. The molecule has 0 bridgehead atoms. The molecule has 1 aliphatic heterocycles. The topological polar surface area (TPSA) is 15.3 Å². The van der Waals surface area contributed by atoms with Crippen LogP contribution in [0.4, 0.5) is 8.78 Å². The molecule has 0 aromatic heterocycles. The minimum absolute atomic E-state index is 0. The first kappa shape index (κ1) is 16.8. The summed E-state index contributed by atoms with van der Waals surface area (Å²) in [6.07, 6.45) is 0.704. The molecular formula is C13H18BrClF2N2. The van der Waals surface area contributed by atoms with Gasteiger partial charge in [-0.15, -0.1) is 12.4 Å². The fourth-order valence-corrected chi connectivity index (χ4v) is 2.91. The molecule has 0 amide bonds. The first-order valence-electron chi connectivity index (χ1n) is 6.22. The van der Waals surface area contributed by atoms with Gasteiger partial charge in [0.2, 0.25) is 0 Å². The molecule has 0 saturated carbocycles. The quantitative estimate of drug-likeness (QED) is 0.892. The number of nitrogens with one attached hydrogen (secondary N) is 1. The van der Waals surface area contributed by atoms with Gasteiger partial charge in [0, 0.05) is 42.3 Å². The van der Waals surface area contributed by atoms with E-state index in [-0.39, 0.29) is 24.0 Å². The van der Waals surface area contributed by atoms with Gasteiger partial charge in [0.05, 0.1) is 0 Å². The van der Waals surface area contributed by atoms with E-state index in [1.165, 1.54) is 12.1 Å². The van der Waals surface area contributed by atoms with E-state index >= 15 is 0 Å². The van der Waals surface area contributed by atoms with Crippen LogP contribution in [0.5, 0.6) is 0 Å². The Labute approximate surface area is 127 Å². The molecule has 0 aliphatic carbocycles. The van der Waals surface area contributed by atoms with Crippen molar-refractivity contribution >= 4 is 28.3 Å². The van der Waals surface area contributed by atoms with Crippen molar-refractivity contribution in [3.05, 3.63) is 33.8 Å². The molecule has 0 radical (unpaired) electrons. The van der Waals surface area contributed by atoms with Gasteiger partial charge >= 0.3 is 0 Å². The lowest BCUT2D eigenvalue weighted by molar-refractivity contribution is 0.162. The Morgan fingerprint density at radius 2 is 1.79 bits per heavy atom. The van der Waals surface area contributed by atoms with Gasteiger partial charge in [0.1, 0.15) is 11.6 Å². The van der Waals surface area contributed by atoms with Crippen molar-refractivity contribution in [2.75, 3.05) is 26.2 Å². The van der Waals surface area contributed by atoms with Gasteiger partial charge in [-0.2, -0.15) is 0 Å². The normalized spacial score (nSPS) is 17.9. The molecule has 1 saturated heterocycles. The molecule has 6 heteroatoms. The van der Waals surface area contributed by atoms with Gasteiger partial charge in [-0.3, -0.25) is 4.90 Å². The number of hydrogen-bond acceptors (Lipinski definition) is 2. The van der Waals surface area contributed by atoms with Gasteiger partial charge < -0.3 is 5.32 Å². The summed E-state index contributed by atoms with van der Waals surface area (Å²) in [6, 6.07) is 2.49. The number of hydrogen-bond donors (Lipinski definition) is 1. The zero-order valence-electron chi connectivity index (χ0n) is 10.8. The summed E-state index contributed by atoms with van der Waals surface area (Å²) in [5, 5.41) is 3.25. The Kier molecular flexibility index (Phi) is 6.66. The second kappa shape index (κ2) is 7.53. The Morgan fingerprint density at radius 3 is 2.26 bits per heavy atom. The summed E-state index contributed by atoms with van der Waals surface area (Å²) < 4.78 is 28.4. The van der Waals surface area contributed by atoms with Crippen LogP contribution in [0, 0.1) is 11.6 Å². The molecule has 2 nitrogen and oxygen atoms in total. The second-order valence-corrected chi connectivity index (χ2v) is 5.41. The van der Waals surface area contributed by atoms with Crippen LogP contribution in [-0.2, 0) is 0 Å². The highest BCUT2D eigenvalue weighted by Crippen LogP contribution is 2.31. The molecule has 1 aromatic carbocycles. The Hall–Kier alpha value is -0.230. The monoisotopic (exact) mass is 354 g/mol. The van der Waals surface area contributed by atoms with Gasteiger partial charge in [0.25, 0.3) is 0 Å². The van der Waals surface area contributed by atoms with Crippen LogP contribution in [0.15, 0.2) is 16.6 Å². The van der Waals surface area contributed by atoms with E-state index in [0.29, 0.717) is 10.9 Å². The minimum atomic E-state index is -0.466. The fourth-order valence-electron chi connectivity index (χ4n) is 2.51. The Balaban J connectivity index is 0.00000180. The minimum Gasteiger partial charge on any atom is -0.314 e. The van der Waals surface area contributed by atoms with Crippen molar-refractivity contribution in [2.45, 2.75) is 19.4 Å². The van der Waals surface area contributed by atoms with Crippen LogP contribution in [0.3, 0.4) is 0 Å². The molecule has 108 valence electrons. The molecule has 1 aromatic rings. The van der Waals surface area contributed by atoms with Crippen molar-refractivity contribution in [3.63, 3.8) is 0 Å². The summed E-state index contributed by atoms with van der Waals surface area (Å²) in [7, 11) is 0. The predicted molar refractivity (Wildman–Crippen MR) is 78.8 cm³/mol. The summed E-state index contributed by atoms with van der Waals surface area (Å²) in [4.78, 5) is 2.14. The van der Waals surface area contributed by atoms with E-state index in [1.807, 2.05) is 6.92 Å².